The predicted octanol–water partition coefficient (Wildman–Crippen LogP) is 3.89. The van der Waals surface area contributed by atoms with Gasteiger partial charge >= 0.3 is 0 Å². The molecule has 0 fully saturated rings. The molecule has 0 bridgehead atoms. The summed E-state index contributed by atoms with van der Waals surface area (Å²) in [6.45, 7) is 3.20. The number of ether oxygens (including phenoxy) is 1. The van der Waals surface area contributed by atoms with Gasteiger partial charge in [0.25, 0.3) is 5.70 Å². The molecule has 27 heavy (non-hydrogen) atoms. The average molecular weight is 364 g/mol. The van der Waals surface area contributed by atoms with Crippen molar-refractivity contribution in [3.05, 3.63) is 92.8 Å². The third kappa shape index (κ3) is 3.46. The average Bonchev–Trinajstić information content (AvgIpc) is 2.67. The summed E-state index contributed by atoms with van der Waals surface area (Å²) < 4.78 is 5.18. The molecule has 0 saturated carbocycles. The number of dihydropyridines is 1. The summed E-state index contributed by atoms with van der Waals surface area (Å²) in [6, 6.07) is 16.1. The molecule has 0 saturated heterocycles. The van der Waals surface area contributed by atoms with Crippen molar-refractivity contribution in [2.75, 3.05) is 7.11 Å². The van der Waals surface area contributed by atoms with Crippen LogP contribution >= 0.6 is 0 Å². The second-order valence-corrected chi connectivity index (χ2v) is 6.31. The number of nitrogens with one attached hydrogen (secondary N) is 1. The minimum Gasteiger partial charge on any atom is -0.497 e. The quantitative estimate of drug-likeness (QED) is 0.643. The Morgan fingerprint density at radius 1 is 1.11 bits per heavy atom. The minimum atomic E-state index is -0.764. The number of carbonyl (C=O) groups is 1. The van der Waals surface area contributed by atoms with E-state index >= 15 is 0 Å². The van der Waals surface area contributed by atoms with E-state index < -0.39 is 10.8 Å². The van der Waals surface area contributed by atoms with Crippen LogP contribution < -0.4 is 10.1 Å². The fourth-order valence-corrected chi connectivity index (χ4v) is 3.43. The first-order chi connectivity index (χ1) is 12.9. The van der Waals surface area contributed by atoms with Gasteiger partial charge in [-0.2, -0.15) is 0 Å². The summed E-state index contributed by atoms with van der Waals surface area (Å²) in [5, 5.41) is 15.2. The number of hydrogen-bond donors (Lipinski definition) is 1. The lowest BCUT2D eigenvalue weighted by Gasteiger charge is -2.27. The molecule has 1 aliphatic rings. The molecule has 1 unspecified atom stereocenters. The maximum atomic E-state index is 12.4. The highest BCUT2D eigenvalue weighted by atomic mass is 16.6. The number of benzene rings is 2. The maximum Gasteiger partial charge on any atom is 0.282 e. The number of nitrogens with zero attached hydrogens (tertiary/aromatic N) is 1. The van der Waals surface area contributed by atoms with Crippen molar-refractivity contribution >= 4 is 11.5 Å². The molecular weight excluding hydrogens is 344 g/mol. The van der Waals surface area contributed by atoms with Gasteiger partial charge in [0.1, 0.15) is 17.4 Å². The van der Waals surface area contributed by atoms with E-state index in [1.807, 2.05) is 30.3 Å². The van der Waals surface area contributed by atoms with Crippen LogP contribution in [0.4, 0.5) is 0 Å². The molecule has 0 radical (unpaired) electrons. The molecule has 0 amide bonds. The summed E-state index contributed by atoms with van der Waals surface area (Å²) in [5.74, 6) is -0.320. The lowest BCUT2D eigenvalue weighted by atomic mass is 9.81. The first-order valence-electron chi connectivity index (χ1n) is 8.50. The van der Waals surface area contributed by atoms with Gasteiger partial charge in [-0.05, 0) is 31.5 Å². The Balaban J connectivity index is 2.26. The van der Waals surface area contributed by atoms with Crippen LogP contribution in [0.2, 0.25) is 0 Å². The van der Waals surface area contributed by atoms with Crippen LogP contribution in [0, 0.1) is 10.1 Å². The molecule has 6 nitrogen and oxygen atoms in total. The molecule has 6 heteroatoms. The predicted molar refractivity (Wildman–Crippen MR) is 103 cm³/mol. The molecule has 0 aromatic heterocycles. The third-order valence-electron chi connectivity index (χ3n) is 4.62. The molecule has 1 N–H and O–H groups in total. The Bertz CT molecular complexity index is 944. The monoisotopic (exact) mass is 364 g/mol. The number of rotatable bonds is 5. The van der Waals surface area contributed by atoms with E-state index in [-0.39, 0.29) is 11.5 Å². The zero-order valence-corrected chi connectivity index (χ0v) is 15.4. The smallest absolute Gasteiger partial charge is 0.282 e. The lowest BCUT2D eigenvalue weighted by molar-refractivity contribution is -0.428. The largest absolute Gasteiger partial charge is 0.497 e. The van der Waals surface area contributed by atoms with Crippen LogP contribution in [0.1, 0.15) is 30.9 Å². The Morgan fingerprint density at radius 2 is 1.74 bits per heavy atom. The zero-order chi connectivity index (χ0) is 19.6. The van der Waals surface area contributed by atoms with Gasteiger partial charge in [0.2, 0.25) is 0 Å². The van der Waals surface area contributed by atoms with Crippen LogP contribution in [0.5, 0.6) is 5.75 Å². The van der Waals surface area contributed by atoms with E-state index in [4.69, 9.17) is 4.74 Å². The standard InChI is InChI=1S/C21H20N2O4/c1-13-18(14(2)24)19(15-9-11-17(27-3)12-10-15)21(23(25)26)20(22-13)16-7-5-4-6-8-16/h4-12,19,22H,1-3H3. The third-order valence-corrected chi connectivity index (χ3v) is 4.62. The number of carbonyl (C=O) groups excluding carboxylic acids is 1. The van der Waals surface area contributed by atoms with E-state index in [2.05, 4.69) is 5.32 Å². The van der Waals surface area contributed by atoms with E-state index in [0.717, 1.165) is 0 Å². The highest BCUT2D eigenvalue weighted by molar-refractivity contribution is 5.98. The Kier molecular flexibility index (Phi) is 5.07. The van der Waals surface area contributed by atoms with Crippen molar-refractivity contribution in [3.8, 4) is 5.75 Å². The van der Waals surface area contributed by atoms with Gasteiger partial charge < -0.3 is 10.1 Å². The number of hydrogen-bond acceptors (Lipinski definition) is 5. The number of methoxy groups -OCH3 is 1. The number of allylic oxidation sites excluding steroid dienone is 2. The van der Waals surface area contributed by atoms with Crippen molar-refractivity contribution in [2.45, 2.75) is 19.8 Å². The Labute approximate surface area is 157 Å². The Morgan fingerprint density at radius 3 is 2.26 bits per heavy atom. The van der Waals surface area contributed by atoms with Gasteiger partial charge in [0.15, 0.2) is 5.78 Å². The normalized spacial score (nSPS) is 16.8. The van der Waals surface area contributed by atoms with Gasteiger partial charge in [0.05, 0.1) is 12.0 Å². The molecule has 1 heterocycles. The molecule has 2 aromatic rings. The highest BCUT2D eigenvalue weighted by Crippen LogP contribution is 2.41. The number of ketones is 1. The van der Waals surface area contributed by atoms with E-state index in [0.29, 0.717) is 33.8 Å². The van der Waals surface area contributed by atoms with Gasteiger partial charge in [-0.1, -0.05) is 42.5 Å². The molecule has 1 aliphatic heterocycles. The van der Waals surface area contributed by atoms with Crippen molar-refractivity contribution in [1.29, 1.82) is 0 Å². The summed E-state index contributed by atoms with van der Waals surface area (Å²) in [4.78, 5) is 24.0. The zero-order valence-electron chi connectivity index (χ0n) is 15.4. The van der Waals surface area contributed by atoms with Crippen LogP contribution in [0.15, 0.2) is 71.6 Å². The van der Waals surface area contributed by atoms with Crippen molar-refractivity contribution in [1.82, 2.24) is 5.32 Å². The van der Waals surface area contributed by atoms with Crippen molar-refractivity contribution in [3.63, 3.8) is 0 Å². The molecule has 0 aliphatic carbocycles. The molecule has 0 spiro atoms. The molecule has 3 rings (SSSR count). The second-order valence-electron chi connectivity index (χ2n) is 6.31. The highest BCUT2D eigenvalue weighted by Gasteiger charge is 2.40. The van der Waals surface area contributed by atoms with Crippen molar-refractivity contribution in [2.24, 2.45) is 0 Å². The van der Waals surface area contributed by atoms with E-state index in [1.165, 1.54) is 6.92 Å². The van der Waals surface area contributed by atoms with Crippen molar-refractivity contribution < 1.29 is 14.5 Å². The Hall–Kier alpha value is -3.41. The summed E-state index contributed by atoms with van der Waals surface area (Å²) in [7, 11) is 1.56. The van der Waals surface area contributed by atoms with Crippen LogP contribution in [-0.4, -0.2) is 17.8 Å². The number of Topliss-reactive ketones (excluding diaryl/α,β-unsaturated/α-hetero) is 1. The van der Waals surface area contributed by atoms with Crippen LogP contribution in [0.25, 0.3) is 5.70 Å². The van der Waals surface area contributed by atoms with Gasteiger partial charge in [0, 0.05) is 16.8 Å². The lowest BCUT2D eigenvalue weighted by Crippen LogP contribution is -2.30. The summed E-state index contributed by atoms with van der Waals surface area (Å²) in [5.41, 5.74) is 2.75. The van der Waals surface area contributed by atoms with Gasteiger partial charge in [-0.15, -0.1) is 0 Å². The maximum absolute atomic E-state index is 12.4. The molecule has 2 aromatic carbocycles. The van der Waals surface area contributed by atoms with E-state index in [9.17, 15) is 14.9 Å². The van der Waals surface area contributed by atoms with Gasteiger partial charge in [-0.3, -0.25) is 14.9 Å². The number of nitro groups is 1. The molecular formula is C21H20N2O4. The second kappa shape index (κ2) is 7.45. The summed E-state index contributed by atoms with van der Waals surface area (Å²) >= 11 is 0. The van der Waals surface area contributed by atoms with Crippen LogP contribution in [0.3, 0.4) is 0 Å². The summed E-state index contributed by atoms with van der Waals surface area (Å²) in [6.07, 6.45) is 0. The molecule has 1 atom stereocenters. The SMILES string of the molecule is COc1ccc(C2C(C(C)=O)=C(C)NC(c3ccccc3)=C2[N+](=O)[O-])cc1. The fraction of sp³-hybridized carbons (Fsp3) is 0.190. The fourth-order valence-electron chi connectivity index (χ4n) is 3.43. The van der Waals surface area contributed by atoms with Gasteiger partial charge in [-0.25, -0.2) is 0 Å². The first-order valence-corrected chi connectivity index (χ1v) is 8.50. The van der Waals surface area contributed by atoms with Crippen LogP contribution in [-0.2, 0) is 4.79 Å². The minimum absolute atomic E-state index is 0.0397. The van der Waals surface area contributed by atoms with E-state index in [1.54, 1.807) is 38.3 Å². The first kappa shape index (κ1) is 18.4. The molecule has 138 valence electrons. The topological polar surface area (TPSA) is 81.5 Å².